The molecule has 1 aromatic carbocycles. The smallest absolute Gasteiger partial charge is 0.285 e. The molecule has 0 radical (unpaired) electrons. The van der Waals surface area contributed by atoms with Crippen LogP contribution in [0.3, 0.4) is 0 Å². The molecule has 1 rings (SSSR count). The number of aryl methyl sites for hydroxylation is 2. The predicted octanol–water partition coefficient (Wildman–Crippen LogP) is 3.62. The molecule has 20 heavy (non-hydrogen) atoms. The van der Waals surface area contributed by atoms with E-state index >= 15 is 0 Å². The zero-order valence-corrected chi connectivity index (χ0v) is 13.6. The maximum Gasteiger partial charge on any atom is 0.285 e. The van der Waals surface area contributed by atoms with E-state index < -0.39 is 10.0 Å². The number of sulfonamides is 1. The molecule has 0 aliphatic heterocycles. The van der Waals surface area contributed by atoms with E-state index in [0.717, 1.165) is 12.0 Å². The summed E-state index contributed by atoms with van der Waals surface area (Å²) in [4.78, 5) is 0.249. The average molecular weight is 297 g/mol. The van der Waals surface area contributed by atoms with Crippen molar-refractivity contribution in [3.63, 3.8) is 0 Å². The Kier molecular flexibility index (Phi) is 5.74. The Balaban J connectivity index is 3.23. The highest BCUT2D eigenvalue weighted by molar-refractivity contribution is 7.90. The van der Waals surface area contributed by atoms with Gasteiger partial charge < -0.3 is 4.74 Å². The summed E-state index contributed by atoms with van der Waals surface area (Å²) in [6, 6.07) is 5.32. The summed E-state index contributed by atoms with van der Waals surface area (Å²) in [5.74, 6) is 0.281. The molecule has 0 saturated carbocycles. The maximum atomic E-state index is 12.4. The zero-order valence-electron chi connectivity index (χ0n) is 12.8. The van der Waals surface area contributed by atoms with Crippen LogP contribution in [0.5, 0.6) is 0 Å². The van der Waals surface area contributed by atoms with E-state index in [9.17, 15) is 8.42 Å². The van der Waals surface area contributed by atoms with Crippen molar-refractivity contribution >= 4 is 15.9 Å². The average Bonchev–Trinajstić information content (AvgIpc) is 2.31. The van der Waals surface area contributed by atoms with Gasteiger partial charge in [0.05, 0.1) is 11.0 Å². The Morgan fingerprint density at radius 3 is 2.50 bits per heavy atom. The lowest BCUT2D eigenvalue weighted by atomic mass is 10.2. The van der Waals surface area contributed by atoms with Crippen molar-refractivity contribution in [2.45, 2.75) is 58.5 Å². The van der Waals surface area contributed by atoms with Gasteiger partial charge in [0.25, 0.3) is 10.0 Å². The third-order valence-corrected chi connectivity index (χ3v) is 4.12. The van der Waals surface area contributed by atoms with Crippen molar-refractivity contribution in [1.82, 2.24) is 0 Å². The number of benzene rings is 1. The molecular weight excluding hydrogens is 274 g/mol. The molecule has 4 nitrogen and oxygen atoms in total. The fourth-order valence-electron chi connectivity index (χ4n) is 1.78. The van der Waals surface area contributed by atoms with Crippen LogP contribution in [-0.4, -0.2) is 20.4 Å². The Morgan fingerprint density at radius 1 is 1.30 bits per heavy atom. The Labute approximate surface area is 121 Å². The third-order valence-electron chi connectivity index (χ3n) is 2.68. The van der Waals surface area contributed by atoms with Gasteiger partial charge in [-0.2, -0.15) is 8.42 Å². The zero-order chi connectivity index (χ0) is 15.3. The van der Waals surface area contributed by atoms with Crippen LogP contribution in [0.2, 0.25) is 0 Å². The quantitative estimate of drug-likeness (QED) is 0.616. The van der Waals surface area contributed by atoms with Gasteiger partial charge in [0.2, 0.25) is 5.90 Å². The van der Waals surface area contributed by atoms with Gasteiger partial charge in [0.15, 0.2) is 0 Å². The summed E-state index contributed by atoms with van der Waals surface area (Å²) < 4.78 is 34.2. The molecule has 0 saturated heterocycles. The summed E-state index contributed by atoms with van der Waals surface area (Å²) >= 11 is 0. The fraction of sp³-hybridized carbons (Fsp3) is 0.533. The fourth-order valence-corrected chi connectivity index (χ4v) is 3.09. The highest BCUT2D eigenvalue weighted by Crippen LogP contribution is 2.20. The Hall–Kier alpha value is -1.36. The first-order valence-corrected chi connectivity index (χ1v) is 8.28. The molecule has 0 heterocycles. The van der Waals surface area contributed by atoms with Crippen LogP contribution in [0, 0.1) is 13.8 Å². The van der Waals surface area contributed by atoms with Gasteiger partial charge in [-0.25, -0.2) is 0 Å². The van der Waals surface area contributed by atoms with E-state index in [1.54, 1.807) is 19.1 Å². The Bertz CT molecular complexity index is 589. The molecule has 0 fully saturated rings. The van der Waals surface area contributed by atoms with Gasteiger partial charge >= 0.3 is 0 Å². The summed E-state index contributed by atoms with van der Waals surface area (Å²) in [6.45, 7) is 9.31. The summed E-state index contributed by atoms with van der Waals surface area (Å²) in [7, 11) is -3.72. The van der Waals surface area contributed by atoms with Crippen LogP contribution in [0.25, 0.3) is 0 Å². The first kappa shape index (κ1) is 16.7. The van der Waals surface area contributed by atoms with Crippen molar-refractivity contribution in [3.05, 3.63) is 29.3 Å². The predicted molar refractivity (Wildman–Crippen MR) is 81.7 cm³/mol. The summed E-state index contributed by atoms with van der Waals surface area (Å²) in [5, 5.41) is 0. The first-order chi connectivity index (χ1) is 9.26. The van der Waals surface area contributed by atoms with Crippen molar-refractivity contribution in [2.24, 2.45) is 4.40 Å². The number of rotatable bonds is 5. The second kappa shape index (κ2) is 6.88. The molecule has 112 valence electrons. The van der Waals surface area contributed by atoms with Gasteiger partial charge in [-0.3, -0.25) is 0 Å². The molecule has 0 unspecified atom stereocenters. The molecule has 0 amide bonds. The van der Waals surface area contributed by atoms with Crippen LogP contribution < -0.4 is 0 Å². The van der Waals surface area contributed by atoms with Crippen molar-refractivity contribution in [3.8, 4) is 0 Å². The number of hydrogen-bond acceptors (Lipinski definition) is 3. The van der Waals surface area contributed by atoms with Gasteiger partial charge in [-0.15, -0.1) is 4.40 Å². The molecule has 0 aliphatic carbocycles. The normalized spacial score (nSPS) is 12.8. The van der Waals surface area contributed by atoms with Crippen LogP contribution in [0.4, 0.5) is 0 Å². The lowest BCUT2D eigenvalue weighted by molar-refractivity contribution is 0.222. The minimum Gasteiger partial charge on any atom is -0.478 e. The highest BCUT2D eigenvalue weighted by atomic mass is 32.2. The van der Waals surface area contributed by atoms with Crippen LogP contribution in [0.15, 0.2) is 27.5 Å². The lowest BCUT2D eigenvalue weighted by Gasteiger charge is -2.12. The van der Waals surface area contributed by atoms with E-state index in [2.05, 4.69) is 4.40 Å². The molecule has 0 atom stereocenters. The topological polar surface area (TPSA) is 55.7 Å². The molecule has 0 bridgehead atoms. The molecule has 0 spiro atoms. The molecule has 0 N–H and O–H groups in total. The van der Waals surface area contributed by atoms with E-state index in [0.29, 0.717) is 12.0 Å². The van der Waals surface area contributed by atoms with Crippen LogP contribution in [-0.2, 0) is 14.8 Å². The monoisotopic (exact) mass is 297 g/mol. The highest BCUT2D eigenvalue weighted by Gasteiger charge is 2.18. The van der Waals surface area contributed by atoms with Gasteiger partial charge in [-0.1, -0.05) is 19.1 Å². The van der Waals surface area contributed by atoms with Crippen molar-refractivity contribution < 1.29 is 13.2 Å². The second-order valence-electron chi connectivity index (χ2n) is 5.15. The largest absolute Gasteiger partial charge is 0.478 e. The second-order valence-corrected chi connectivity index (χ2v) is 6.72. The number of ether oxygens (including phenoxy) is 1. The van der Waals surface area contributed by atoms with Crippen LogP contribution in [0.1, 0.15) is 44.7 Å². The molecule has 5 heteroatoms. The summed E-state index contributed by atoms with van der Waals surface area (Å²) in [5.41, 5.74) is 1.59. The molecule has 1 aromatic rings. The minimum absolute atomic E-state index is 0.0888. The Morgan fingerprint density at radius 2 is 1.95 bits per heavy atom. The van der Waals surface area contributed by atoms with Crippen molar-refractivity contribution in [2.75, 3.05) is 0 Å². The number of nitrogens with zero attached hydrogens (tertiary/aromatic N) is 1. The van der Waals surface area contributed by atoms with Gasteiger partial charge in [-0.05, 0) is 51.3 Å². The van der Waals surface area contributed by atoms with Crippen molar-refractivity contribution in [1.29, 1.82) is 0 Å². The molecule has 0 aromatic heterocycles. The van der Waals surface area contributed by atoms with E-state index in [1.165, 1.54) is 0 Å². The van der Waals surface area contributed by atoms with Gasteiger partial charge in [0, 0.05) is 6.42 Å². The maximum absolute atomic E-state index is 12.4. The van der Waals surface area contributed by atoms with Gasteiger partial charge in [0.1, 0.15) is 0 Å². The van der Waals surface area contributed by atoms with E-state index in [-0.39, 0.29) is 16.9 Å². The molecule has 0 aliphatic rings. The number of hydrogen-bond donors (Lipinski definition) is 0. The summed E-state index contributed by atoms with van der Waals surface area (Å²) in [6.07, 6.45) is 1.21. The lowest BCUT2D eigenvalue weighted by Crippen LogP contribution is -2.14. The molecular formula is C15H23NO3S. The van der Waals surface area contributed by atoms with E-state index in [1.807, 2.05) is 33.8 Å². The van der Waals surface area contributed by atoms with E-state index in [4.69, 9.17) is 4.74 Å². The third kappa shape index (κ3) is 4.63. The SMILES string of the molecule is CCC/C(=N\S(=O)(=O)c1cc(C)ccc1C)OC(C)C. The first-order valence-electron chi connectivity index (χ1n) is 6.84. The van der Waals surface area contributed by atoms with Crippen LogP contribution >= 0.6 is 0 Å². The minimum atomic E-state index is -3.72. The standard InChI is InChI=1S/C15H23NO3S/c1-6-7-15(19-11(2)3)16-20(17,18)14-10-12(4)8-9-13(14)5/h8-11H,6-7H2,1-5H3/b16-15+.